The van der Waals surface area contributed by atoms with Gasteiger partial charge in [-0.05, 0) is 18.2 Å². The molecule has 0 aromatic heterocycles. The molecule has 0 aliphatic rings. The highest BCUT2D eigenvalue weighted by Crippen LogP contribution is 2.22. The van der Waals surface area contributed by atoms with Crippen LogP contribution in [0.5, 0.6) is 5.75 Å². The Morgan fingerprint density at radius 3 is 2.80 bits per heavy atom. The van der Waals surface area contributed by atoms with E-state index in [0.717, 1.165) is 5.56 Å². The average molecular weight is 229 g/mol. The monoisotopic (exact) mass is 228 g/mol. The van der Waals surface area contributed by atoms with Gasteiger partial charge >= 0.3 is 0 Å². The van der Waals surface area contributed by atoms with E-state index in [1.165, 1.54) is 0 Å². The Morgan fingerprint density at radius 2 is 2.20 bits per heavy atom. The number of carbonyl (C=O) groups is 1. The van der Waals surface area contributed by atoms with Crippen LogP contribution in [0.25, 0.3) is 0 Å². The number of halogens is 1. The molecule has 0 bridgehead atoms. The number of rotatable bonds is 5. The molecule has 4 N–H and O–H groups in total. The lowest BCUT2D eigenvalue weighted by Gasteiger charge is -2.09. The van der Waals surface area contributed by atoms with E-state index in [4.69, 9.17) is 27.8 Å². The highest BCUT2D eigenvalue weighted by molar-refractivity contribution is 6.30. The zero-order valence-corrected chi connectivity index (χ0v) is 8.96. The predicted molar refractivity (Wildman–Crippen MR) is 58.6 cm³/mol. The van der Waals surface area contributed by atoms with Crippen LogP contribution >= 0.6 is 11.6 Å². The molecule has 0 saturated carbocycles. The van der Waals surface area contributed by atoms with Crippen molar-refractivity contribution in [1.29, 1.82) is 0 Å². The van der Waals surface area contributed by atoms with Crippen LogP contribution in [0.2, 0.25) is 5.02 Å². The zero-order valence-electron chi connectivity index (χ0n) is 8.20. The molecule has 1 amide bonds. The van der Waals surface area contributed by atoms with Crippen molar-refractivity contribution in [3.63, 3.8) is 0 Å². The third-order valence-corrected chi connectivity index (χ3v) is 2.08. The van der Waals surface area contributed by atoms with Crippen molar-refractivity contribution in [2.24, 2.45) is 11.5 Å². The van der Waals surface area contributed by atoms with Gasteiger partial charge in [-0.1, -0.05) is 11.6 Å². The van der Waals surface area contributed by atoms with Gasteiger partial charge in [0.05, 0.1) is 13.0 Å². The standard InChI is InChI=1S/C10H13ClN2O2/c11-8-1-2-9(7(5-8)6-12)15-4-3-10(13)14/h1-2,5H,3-4,6,12H2,(H2,13,14). The van der Waals surface area contributed by atoms with Gasteiger partial charge in [-0.25, -0.2) is 0 Å². The Hall–Kier alpha value is -1.26. The summed E-state index contributed by atoms with van der Waals surface area (Å²) in [6.45, 7) is 0.594. The van der Waals surface area contributed by atoms with Crippen molar-refractivity contribution in [2.75, 3.05) is 6.61 Å². The Kier molecular flexibility index (Phi) is 4.39. The lowest BCUT2D eigenvalue weighted by Crippen LogP contribution is -2.15. The minimum absolute atomic E-state index is 0.187. The van der Waals surface area contributed by atoms with Crippen LogP contribution in [0.4, 0.5) is 0 Å². The van der Waals surface area contributed by atoms with Crippen molar-refractivity contribution < 1.29 is 9.53 Å². The van der Waals surface area contributed by atoms with Crippen LogP contribution in [0.3, 0.4) is 0 Å². The van der Waals surface area contributed by atoms with Gasteiger partial charge in [0.1, 0.15) is 5.75 Å². The number of hydrogen-bond donors (Lipinski definition) is 2. The van der Waals surface area contributed by atoms with Crippen molar-refractivity contribution in [1.82, 2.24) is 0 Å². The third kappa shape index (κ3) is 3.77. The van der Waals surface area contributed by atoms with E-state index in [-0.39, 0.29) is 13.0 Å². The van der Waals surface area contributed by atoms with Gasteiger partial charge in [-0.2, -0.15) is 0 Å². The lowest BCUT2D eigenvalue weighted by atomic mass is 10.2. The van der Waals surface area contributed by atoms with Crippen molar-refractivity contribution in [3.05, 3.63) is 28.8 Å². The Bertz CT molecular complexity index is 355. The Labute approximate surface area is 93.1 Å². The van der Waals surface area contributed by atoms with Crippen LogP contribution in [0.1, 0.15) is 12.0 Å². The maximum absolute atomic E-state index is 10.5. The second-order valence-corrected chi connectivity index (χ2v) is 3.46. The molecule has 15 heavy (non-hydrogen) atoms. The number of amides is 1. The van der Waals surface area contributed by atoms with Crippen LogP contribution in [-0.2, 0) is 11.3 Å². The van der Waals surface area contributed by atoms with Gasteiger partial charge in [0, 0.05) is 17.1 Å². The maximum atomic E-state index is 10.5. The highest BCUT2D eigenvalue weighted by atomic mass is 35.5. The summed E-state index contributed by atoms with van der Waals surface area (Å²) in [5.74, 6) is 0.251. The van der Waals surface area contributed by atoms with E-state index in [1.807, 2.05) is 0 Å². The number of hydrogen-bond acceptors (Lipinski definition) is 3. The SMILES string of the molecule is NCc1cc(Cl)ccc1OCCC(N)=O. The molecule has 0 atom stereocenters. The first-order chi connectivity index (χ1) is 7.13. The van der Waals surface area contributed by atoms with Crippen LogP contribution in [-0.4, -0.2) is 12.5 Å². The summed E-state index contributed by atoms with van der Waals surface area (Å²) in [7, 11) is 0. The normalized spacial score (nSPS) is 10.0. The van der Waals surface area contributed by atoms with E-state index < -0.39 is 5.91 Å². The zero-order chi connectivity index (χ0) is 11.3. The summed E-state index contributed by atoms with van der Waals surface area (Å²) in [5.41, 5.74) is 11.3. The third-order valence-electron chi connectivity index (χ3n) is 1.85. The quantitative estimate of drug-likeness (QED) is 0.791. The summed E-state index contributed by atoms with van der Waals surface area (Å²) >= 11 is 5.79. The Balaban J connectivity index is 2.63. The first-order valence-electron chi connectivity index (χ1n) is 4.53. The summed E-state index contributed by atoms with van der Waals surface area (Å²) in [6, 6.07) is 5.17. The molecule has 1 aromatic carbocycles. The van der Waals surface area contributed by atoms with Crippen LogP contribution < -0.4 is 16.2 Å². The minimum atomic E-state index is -0.390. The maximum Gasteiger partial charge on any atom is 0.220 e. The van der Waals surface area contributed by atoms with E-state index >= 15 is 0 Å². The number of ether oxygens (including phenoxy) is 1. The topological polar surface area (TPSA) is 78.3 Å². The first-order valence-corrected chi connectivity index (χ1v) is 4.91. The van der Waals surface area contributed by atoms with Gasteiger partial charge < -0.3 is 16.2 Å². The number of nitrogens with two attached hydrogens (primary N) is 2. The average Bonchev–Trinajstić information content (AvgIpc) is 2.19. The molecule has 0 aliphatic carbocycles. The van der Waals surface area contributed by atoms with Gasteiger partial charge in [-0.3, -0.25) is 4.79 Å². The summed E-state index contributed by atoms with van der Waals surface area (Å²) in [6.07, 6.45) is 0.187. The molecule has 82 valence electrons. The highest BCUT2D eigenvalue weighted by Gasteiger charge is 2.03. The summed E-state index contributed by atoms with van der Waals surface area (Å²) < 4.78 is 5.35. The lowest BCUT2D eigenvalue weighted by molar-refractivity contribution is -0.118. The Morgan fingerprint density at radius 1 is 1.47 bits per heavy atom. The predicted octanol–water partition coefficient (Wildman–Crippen LogP) is 1.05. The van der Waals surface area contributed by atoms with Gasteiger partial charge in [0.15, 0.2) is 0 Å². The molecule has 0 spiro atoms. The smallest absolute Gasteiger partial charge is 0.220 e. The first kappa shape index (κ1) is 11.8. The van der Waals surface area contributed by atoms with E-state index in [0.29, 0.717) is 17.3 Å². The second kappa shape index (κ2) is 5.58. The molecule has 0 heterocycles. The summed E-state index contributed by atoms with van der Waals surface area (Å²) in [4.78, 5) is 10.5. The molecule has 0 radical (unpaired) electrons. The van der Waals surface area contributed by atoms with E-state index in [2.05, 4.69) is 0 Å². The van der Waals surface area contributed by atoms with Crippen molar-refractivity contribution in [2.45, 2.75) is 13.0 Å². The largest absolute Gasteiger partial charge is 0.493 e. The fraction of sp³-hybridized carbons (Fsp3) is 0.300. The minimum Gasteiger partial charge on any atom is -0.493 e. The summed E-state index contributed by atoms with van der Waals surface area (Å²) in [5, 5.41) is 0.609. The fourth-order valence-electron chi connectivity index (χ4n) is 1.11. The molecule has 1 aromatic rings. The number of primary amides is 1. The molecule has 4 nitrogen and oxygen atoms in total. The van der Waals surface area contributed by atoms with Crippen molar-refractivity contribution >= 4 is 17.5 Å². The molecule has 0 fully saturated rings. The molecule has 1 rings (SSSR count). The number of benzene rings is 1. The molecular weight excluding hydrogens is 216 g/mol. The van der Waals surface area contributed by atoms with Crippen LogP contribution in [0.15, 0.2) is 18.2 Å². The molecule has 0 aliphatic heterocycles. The molecule has 0 saturated heterocycles. The van der Waals surface area contributed by atoms with Crippen molar-refractivity contribution in [3.8, 4) is 5.75 Å². The molecular formula is C10H13ClN2O2. The van der Waals surface area contributed by atoms with E-state index in [1.54, 1.807) is 18.2 Å². The van der Waals surface area contributed by atoms with Crippen LogP contribution in [0, 0.1) is 0 Å². The second-order valence-electron chi connectivity index (χ2n) is 3.02. The number of carbonyl (C=O) groups excluding carboxylic acids is 1. The fourth-order valence-corrected chi connectivity index (χ4v) is 1.30. The van der Waals surface area contributed by atoms with Gasteiger partial charge in [-0.15, -0.1) is 0 Å². The molecule has 5 heteroatoms. The van der Waals surface area contributed by atoms with E-state index in [9.17, 15) is 4.79 Å². The van der Waals surface area contributed by atoms with Gasteiger partial charge in [0.25, 0.3) is 0 Å². The van der Waals surface area contributed by atoms with Gasteiger partial charge in [0.2, 0.25) is 5.91 Å². The molecule has 0 unspecified atom stereocenters.